The van der Waals surface area contributed by atoms with E-state index >= 15 is 0 Å². The fraction of sp³-hybridized carbons (Fsp3) is 0.200. The Kier molecular flexibility index (Phi) is 8.30. The molecule has 0 saturated carbocycles. The number of anilines is 2. The Hall–Kier alpha value is -4.36. The number of carboxylic acids is 2. The zero-order valence-corrected chi connectivity index (χ0v) is 19.6. The molecule has 1 aromatic heterocycles. The van der Waals surface area contributed by atoms with Gasteiger partial charge in [0.2, 0.25) is 0 Å². The van der Waals surface area contributed by atoms with Gasteiger partial charge in [-0.05, 0) is 48.4 Å². The summed E-state index contributed by atoms with van der Waals surface area (Å²) in [7, 11) is 0. The molecule has 0 spiro atoms. The minimum absolute atomic E-state index is 0.139. The summed E-state index contributed by atoms with van der Waals surface area (Å²) in [6.07, 6.45) is 4.70. The van der Waals surface area contributed by atoms with E-state index in [1.165, 1.54) is 12.1 Å². The van der Waals surface area contributed by atoms with Crippen LogP contribution in [0.25, 0.3) is 10.9 Å². The molecule has 0 aliphatic rings. The van der Waals surface area contributed by atoms with Crippen LogP contribution >= 0.6 is 11.6 Å². The number of benzene rings is 2. The van der Waals surface area contributed by atoms with Crippen molar-refractivity contribution in [3.05, 3.63) is 64.6 Å². The Morgan fingerprint density at radius 1 is 1.19 bits per heavy atom. The average molecular weight is 513 g/mol. The lowest BCUT2D eigenvalue weighted by atomic mass is 10.1. The third-order valence-corrected chi connectivity index (χ3v) is 5.63. The van der Waals surface area contributed by atoms with Crippen LogP contribution in [0.5, 0.6) is 0 Å². The first-order valence-corrected chi connectivity index (χ1v) is 11.0. The summed E-state index contributed by atoms with van der Waals surface area (Å²) in [5.41, 5.74) is 7.69. The van der Waals surface area contributed by atoms with Gasteiger partial charge in [0.25, 0.3) is 5.91 Å². The number of halogens is 2. The van der Waals surface area contributed by atoms with Crippen molar-refractivity contribution in [2.75, 3.05) is 17.2 Å². The number of carbonyl (C=O) groups excluding carboxylic acids is 1. The summed E-state index contributed by atoms with van der Waals surface area (Å²) >= 11 is 5.97. The zero-order valence-electron chi connectivity index (χ0n) is 18.9. The normalized spacial score (nSPS) is 11.5. The van der Waals surface area contributed by atoms with Crippen molar-refractivity contribution in [1.82, 2.24) is 10.3 Å². The van der Waals surface area contributed by atoms with Crippen molar-refractivity contribution in [2.45, 2.75) is 25.4 Å². The summed E-state index contributed by atoms with van der Waals surface area (Å²) in [6.45, 7) is 0.449. The molecule has 3 rings (SSSR count). The molecule has 2 aromatic carbocycles. The molecule has 1 heterocycles. The van der Waals surface area contributed by atoms with Crippen LogP contribution in [0.1, 0.15) is 28.8 Å². The SMILES string of the molecule is C#CCN(Cc1ccc2nc(Cl)c(N)cc2c1)c1ccc(C(=O)N[C@@H](CCC(=O)O)C(=O)O)c(F)c1. The Morgan fingerprint density at radius 2 is 1.94 bits per heavy atom. The molecule has 1 amide bonds. The highest BCUT2D eigenvalue weighted by atomic mass is 35.5. The second-order valence-corrected chi connectivity index (χ2v) is 8.27. The van der Waals surface area contributed by atoms with Gasteiger partial charge in [-0.15, -0.1) is 6.42 Å². The number of rotatable bonds is 10. The van der Waals surface area contributed by atoms with Crippen LogP contribution in [0.3, 0.4) is 0 Å². The number of fused-ring (bicyclic) bond motifs is 1. The summed E-state index contributed by atoms with van der Waals surface area (Å²) in [6, 6.07) is 9.52. The van der Waals surface area contributed by atoms with Crippen LogP contribution in [0, 0.1) is 18.2 Å². The van der Waals surface area contributed by atoms with Crippen LogP contribution < -0.4 is 16.0 Å². The molecule has 0 unspecified atom stereocenters. The van der Waals surface area contributed by atoms with E-state index in [0.29, 0.717) is 23.4 Å². The number of hydrogen-bond acceptors (Lipinski definition) is 6. The first-order valence-electron chi connectivity index (χ1n) is 10.7. The maximum Gasteiger partial charge on any atom is 0.326 e. The number of carboxylic acid groups (broad SMARTS) is 2. The van der Waals surface area contributed by atoms with Crippen LogP contribution in [0.15, 0.2) is 42.5 Å². The maximum atomic E-state index is 14.9. The van der Waals surface area contributed by atoms with Crippen molar-refractivity contribution in [2.24, 2.45) is 0 Å². The number of hydrogen-bond donors (Lipinski definition) is 4. The van der Waals surface area contributed by atoms with Crippen molar-refractivity contribution in [3.8, 4) is 12.3 Å². The molecule has 0 bridgehead atoms. The quantitative estimate of drug-likeness (QED) is 0.239. The number of nitrogens with zero attached hydrogens (tertiary/aromatic N) is 2. The standard InChI is InChI=1S/C25H22ClFN4O5/c1-2-9-31(13-14-3-6-20-15(10-14)11-19(28)23(26)29-20)16-4-5-17(18(27)12-16)24(34)30-21(25(35)36)7-8-22(32)33/h1,3-6,10-12,21H,7-9,13,28H2,(H,30,34)(H,32,33)(H,35,36)/t21-/m0/s1. The van der Waals surface area contributed by atoms with Gasteiger partial charge in [-0.2, -0.15) is 0 Å². The van der Waals surface area contributed by atoms with Crippen LogP contribution in [-0.2, 0) is 16.1 Å². The van der Waals surface area contributed by atoms with Gasteiger partial charge in [0.1, 0.15) is 11.9 Å². The number of nitrogens with one attached hydrogen (secondary N) is 1. The van der Waals surface area contributed by atoms with Gasteiger partial charge in [-0.3, -0.25) is 9.59 Å². The molecule has 3 aromatic rings. The van der Waals surface area contributed by atoms with Crippen molar-refractivity contribution in [1.29, 1.82) is 0 Å². The van der Waals surface area contributed by atoms with Gasteiger partial charge >= 0.3 is 11.9 Å². The number of aliphatic carboxylic acids is 2. The summed E-state index contributed by atoms with van der Waals surface area (Å²) in [5, 5.41) is 21.1. The lowest BCUT2D eigenvalue weighted by molar-refractivity contribution is -0.140. The Labute approximate surface area is 210 Å². The van der Waals surface area contributed by atoms with Crippen molar-refractivity contribution < 1.29 is 29.0 Å². The van der Waals surface area contributed by atoms with E-state index in [1.54, 1.807) is 17.0 Å². The van der Waals surface area contributed by atoms with Crippen LogP contribution in [0.2, 0.25) is 5.15 Å². The molecule has 0 aliphatic carbocycles. The molecule has 11 heteroatoms. The van der Waals surface area contributed by atoms with Crippen molar-refractivity contribution in [3.63, 3.8) is 0 Å². The maximum absolute atomic E-state index is 14.9. The number of pyridine rings is 1. The fourth-order valence-electron chi connectivity index (χ4n) is 3.53. The number of aromatic nitrogens is 1. The topological polar surface area (TPSA) is 146 Å². The van der Waals surface area contributed by atoms with Crippen molar-refractivity contribution >= 4 is 51.7 Å². The number of amides is 1. The van der Waals surface area contributed by atoms with E-state index in [9.17, 15) is 23.9 Å². The van der Waals surface area contributed by atoms with Gasteiger partial charge in [0.15, 0.2) is 5.15 Å². The van der Waals surface area contributed by atoms with Crippen LogP contribution in [-0.4, -0.2) is 45.6 Å². The molecule has 9 nitrogen and oxygen atoms in total. The van der Waals surface area contributed by atoms with E-state index in [4.69, 9.17) is 28.9 Å². The molecule has 5 N–H and O–H groups in total. The minimum atomic E-state index is -1.48. The second kappa shape index (κ2) is 11.4. The Bertz CT molecular complexity index is 1370. The smallest absolute Gasteiger partial charge is 0.326 e. The van der Waals surface area contributed by atoms with E-state index in [0.717, 1.165) is 17.0 Å². The highest BCUT2D eigenvalue weighted by molar-refractivity contribution is 6.32. The van der Waals surface area contributed by atoms with Gasteiger partial charge in [0.05, 0.1) is 23.3 Å². The molecule has 0 fully saturated rings. The van der Waals surface area contributed by atoms with E-state index in [2.05, 4.69) is 16.2 Å². The predicted molar refractivity (Wildman–Crippen MR) is 133 cm³/mol. The number of nitrogens with two attached hydrogens (primary N) is 1. The highest BCUT2D eigenvalue weighted by Crippen LogP contribution is 2.25. The van der Waals surface area contributed by atoms with E-state index in [1.807, 2.05) is 12.1 Å². The second-order valence-electron chi connectivity index (χ2n) is 7.92. The first-order chi connectivity index (χ1) is 17.1. The number of terminal acetylenes is 1. The Balaban J connectivity index is 1.81. The average Bonchev–Trinajstić information content (AvgIpc) is 2.81. The first kappa shape index (κ1) is 26.2. The third kappa shape index (κ3) is 6.40. The van der Waals surface area contributed by atoms with Crippen LogP contribution in [0.4, 0.5) is 15.8 Å². The molecule has 0 radical (unpaired) electrons. The summed E-state index contributed by atoms with van der Waals surface area (Å²) in [4.78, 5) is 40.4. The molecule has 186 valence electrons. The zero-order chi connectivity index (χ0) is 26.4. The molecule has 0 aliphatic heterocycles. The molecule has 1 atom stereocenters. The monoisotopic (exact) mass is 512 g/mol. The molecule has 36 heavy (non-hydrogen) atoms. The minimum Gasteiger partial charge on any atom is -0.481 e. The number of nitrogen functional groups attached to an aromatic ring is 1. The largest absolute Gasteiger partial charge is 0.481 e. The number of carbonyl (C=O) groups is 3. The van der Waals surface area contributed by atoms with Gasteiger partial charge in [-0.25, -0.2) is 14.2 Å². The van der Waals surface area contributed by atoms with Gasteiger partial charge in [-0.1, -0.05) is 23.6 Å². The highest BCUT2D eigenvalue weighted by Gasteiger charge is 2.23. The predicted octanol–water partition coefficient (Wildman–Crippen LogP) is 3.30. The molecule has 0 saturated heterocycles. The van der Waals surface area contributed by atoms with E-state index < -0.39 is 36.1 Å². The third-order valence-electron chi connectivity index (χ3n) is 5.33. The summed E-state index contributed by atoms with van der Waals surface area (Å²) in [5.74, 6) is -1.98. The summed E-state index contributed by atoms with van der Waals surface area (Å²) < 4.78 is 14.9. The fourth-order valence-corrected chi connectivity index (χ4v) is 3.68. The van der Waals surface area contributed by atoms with Gasteiger partial charge in [0, 0.05) is 24.0 Å². The lowest BCUT2D eigenvalue weighted by Crippen LogP contribution is -2.41. The lowest BCUT2D eigenvalue weighted by Gasteiger charge is -2.23. The van der Waals surface area contributed by atoms with Gasteiger partial charge < -0.3 is 26.2 Å². The van der Waals surface area contributed by atoms with E-state index in [-0.39, 0.29) is 23.7 Å². The molecular formula is C25H22ClFN4O5. The molecular weight excluding hydrogens is 491 g/mol. The Morgan fingerprint density at radius 3 is 2.58 bits per heavy atom.